The van der Waals surface area contributed by atoms with Crippen LogP contribution in [0.2, 0.25) is 5.02 Å². The van der Waals surface area contributed by atoms with Crippen molar-refractivity contribution < 1.29 is 0 Å². The maximum atomic E-state index is 12.8. The minimum Gasteiger partial charge on any atom is -0.309 e. The highest BCUT2D eigenvalue weighted by Gasteiger charge is 2.20. The summed E-state index contributed by atoms with van der Waals surface area (Å²) >= 11 is 7.92. The van der Waals surface area contributed by atoms with Crippen LogP contribution in [0.1, 0.15) is 25.3 Å². The van der Waals surface area contributed by atoms with Gasteiger partial charge in [0, 0.05) is 24.9 Å². The third kappa shape index (κ3) is 3.33. The molecule has 0 spiro atoms. The molecule has 3 rings (SSSR count). The molecule has 0 bridgehead atoms. The van der Waals surface area contributed by atoms with Crippen LogP contribution in [0.25, 0.3) is 11.2 Å². The second kappa shape index (κ2) is 7.72. The summed E-state index contributed by atoms with van der Waals surface area (Å²) in [5.74, 6) is 0.899. The molecule has 2 heterocycles. The van der Waals surface area contributed by atoms with E-state index in [2.05, 4.69) is 11.9 Å². The van der Waals surface area contributed by atoms with Gasteiger partial charge in [0.05, 0.1) is 6.54 Å². The van der Waals surface area contributed by atoms with Gasteiger partial charge in [-0.3, -0.25) is 13.9 Å². The van der Waals surface area contributed by atoms with E-state index in [4.69, 9.17) is 11.6 Å². The van der Waals surface area contributed by atoms with Crippen LogP contribution in [0.15, 0.2) is 39.0 Å². The fraction of sp³-hybridized carbons (Fsp3) is 0.389. The molecule has 0 atom stereocenters. The number of fused-ring (bicyclic) bond motifs is 1. The molecule has 0 saturated heterocycles. The standard InChI is InChI=1S/C18H21ClN4O2S/c1-4-5-10-26-17-20-15-14(16(24)22(3)18(25)21(15)2)23(17)11-12-8-6-7-9-13(12)19/h6-9H,4-5,10-11H2,1-3H3. The molecule has 3 aromatic rings. The highest BCUT2D eigenvalue weighted by atomic mass is 35.5. The summed E-state index contributed by atoms with van der Waals surface area (Å²) in [6.07, 6.45) is 2.13. The molecule has 0 fully saturated rings. The van der Waals surface area contributed by atoms with Gasteiger partial charge in [-0.1, -0.05) is 54.9 Å². The van der Waals surface area contributed by atoms with Gasteiger partial charge in [0.15, 0.2) is 16.3 Å². The van der Waals surface area contributed by atoms with Crippen LogP contribution >= 0.6 is 23.4 Å². The highest BCUT2D eigenvalue weighted by molar-refractivity contribution is 7.99. The summed E-state index contributed by atoms with van der Waals surface area (Å²) in [5.41, 5.74) is 1.01. The van der Waals surface area contributed by atoms with Crippen LogP contribution in [-0.4, -0.2) is 24.4 Å². The maximum absolute atomic E-state index is 12.8. The minimum atomic E-state index is -0.380. The van der Waals surface area contributed by atoms with Crippen molar-refractivity contribution in [1.29, 1.82) is 0 Å². The normalized spacial score (nSPS) is 11.4. The zero-order valence-electron chi connectivity index (χ0n) is 15.0. The second-order valence-electron chi connectivity index (χ2n) is 6.15. The number of hydrogen-bond acceptors (Lipinski definition) is 4. The topological polar surface area (TPSA) is 61.8 Å². The Morgan fingerprint density at radius 1 is 1.15 bits per heavy atom. The Hall–Kier alpha value is -1.99. The average molecular weight is 393 g/mol. The molecule has 26 heavy (non-hydrogen) atoms. The SMILES string of the molecule is CCCCSc1nc2c(c(=O)n(C)c(=O)n2C)n1Cc1ccccc1Cl. The number of halogens is 1. The molecule has 0 unspecified atom stereocenters. The van der Waals surface area contributed by atoms with Gasteiger partial charge in [0.1, 0.15) is 0 Å². The van der Waals surface area contributed by atoms with Crippen molar-refractivity contribution in [1.82, 2.24) is 18.7 Å². The summed E-state index contributed by atoms with van der Waals surface area (Å²) in [6.45, 7) is 2.56. The average Bonchev–Trinajstić information content (AvgIpc) is 2.99. The van der Waals surface area contributed by atoms with E-state index in [0.717, 1.165) is 33.9 Å². The minimum absolute atomic E-state index is 0.343. The molecule has 0 aliphatic rings. The summed E-state index contributed by atoms with van der Waals surface area (Å²) in [4.78, 5) is 29.6. The third-order valence-corrected chi connectivity index (χ3v) is 5.76. The first-order valence-corrected chi connectivity index (χ1v) is 9.84. The van der Waals surface area contributed by atoms with Crippen LogP contribution in [0.4, 0.5) is 0 Å². The number of hydrogen-bond donors (Lipinski definition) is 0. The van der Waals surface area contributed by atoms with Gasteiger partial charge < -0.3 is 4.57 Å². The fourth-order valence-electron chi connectivity index (χ4n) is 2.79. The van der Waals surface area contributed by atoms with E-state index in [-0.39, 0.29) is 11.2 Å². The first-order valence-electron chi connectivity index (χ1n) is 8.48. The Morgan fingerprint density at radius 3 is 2.58 bits per heavy atom. The molecule has 6 nitrogen and oxygen atoms in total. The zero-order valence-corrected chi connectivity index (χ0v) is 16.6. The third-order valence-electron chi connectivity index (χ3n) is 4.33. The smallest absolute Gasteiger partial charge is 0.309 e. The van der Waals surface area contributed by atoms with E-state index in [1.54, 1.807) is 18.8 Å². The summed E-state index contributed by atoms with van der Waals surface area (Å²) in [5, 5.41) is 1.37. The number of rotatable bonds is 6. The van der Waals surface area contributed by atoms with Crippen molar-refractivity contribution in [2.45, 2.75) is 31.5 Å². The number of aromatic nitrogens is 4. The van der Waals surface area contributed by atoms with Gasteiger partial charge >= 0.3 is 5.69 Å². The van der Waals surface area contributed by atoms with Crippen LogP contribution < -0.4 is 11.2 Å². The van der Waals surface area contributed by atoms with Gasteiger partial charge in [-0.2, -0.15) is 0 Å². The highest BCUT2D eigenvalue weighted by Crippen LogP contribution is 2.25. The zero-order chi connectivity index (χ0) is 18.8. The van der Waals surface area contributed by atoms with Crippen LogP contribution in [0.3, 0.4) is 0 Å². The van der Waals surface area contributed by atoms with Crippen molar-refractivity contribution in [2.75, 3.05) is 5.75 Å². The molecule has 0 aliphatic heterocycles. The van der Waals surface area contributed by atoms with E-state index in [1.165, 1.54) is 11.6 Å². The van der Waals surface area contributed by atoms with Crippen LogP contribution in [0, 0.1) is 0 Å². The lowest BCUT2D eigenvalue weighted by atomic mass is 10.2. The van der Waals surface area contributed by atoms with E-state index in [9.17, 15) is 9.59 Å². The molecule has 2 aromatic heterocycles. The molecule has 138 valence electrons. The van der Waals surface area contributed by atoms with Crippen molar-refractivity contribution in [3.8, 4) is 0 Å². The fourth-order valence-corrected chi connectivity index (χ4v) is 4.06. The van der Waals surface area contributed by atoms with Gasteiger partial charge in [-0.15, -0.1) is 0 Å². The monoisotopic (exact) mass is 392 g/mol. The Kier molecular flexibility index (Phi) is 5.58. The summed E-state index contributed by atoms with van der Waals surface area (Å²) < 4.78 is 4.41. The number of imidazole rings is 1. The van der Waals surface area contributed by atoms with E-state index < -0.39 is 0 Å². The lowest BCUT2D eigenvalue weighted by Crippen LogP contribution is -2.37. The van der Waals surface area contributed by atoms with Crippen molar-refractivity contribution in [2.24, 2.45) is 14.1 Å². The largest absolute Gasteiger partial charge is 0.332 e. The first-order chi connectivity index (χ1) is 12.5. The first kappa shape index (κ1) is 18.8. The van der Waals surface area contributed by atoms with E-state index in [1.807, 2.05) is 28.8 Å². The lowest BCUT2D eigenvalue weighted by molar-refractivity contribution is 0.696. The molecule has 0 radical (unpaired) electrons. The predicted octanol–water partition coefficient (Wildman–Crippen LogP) is 3.03. The molecule has 8 heteroatoms. The Labute approximate surface area is 160 Å². The number of benzene rings is 1. The Bertz CT molecular complexity index is 1070. The quantitative estimate of drug-likeness (QED) is 0.478. The molecular weight excluding hydrogens is 372 g/mol. The van der Waals surface area contributed by atoms with Crippen molar-refractivity contribution in [3.05, 3.63) is 55.7 Å². The Balaban J connectivity index is 2.23. The molecule has 0 saturated carbocycles. The molecule has 1 aromatic carbocycles. The van der Waals surface area contributed by atoms with Crippen molar-refractivity contribution in [3.63, 3.8) is 0 Å². The maximum Gasteiger partial charge on any atom is 0.332 e. The van der Waals surface area contributed by atoms with Crippen LogP contribution in [-0.2, 0) is 20.6 Å². The van der Waals surface area contributed by atoms with Gasteiger partial charge in [0.2, 0.25) is 0 Å². The van der Waals surface area contributed by atoms with Crippen molar-refractivity contribution >= 4 is 34.5 Å². The molecule has 0 amide bonds. The van der Waals surface area contributed by atoms with E-state index in [0.29, 0.717) is 22.7 Å². The summed E-state index contributed by atoms with van der Waals surface area (Å²) in [7, 11) is 3.12. The Morgan fingerprint density at radius 2 is 1.88 bits per heavy atom. The summed E-state index contributed by atoms with van der Waals surface area (Å²) in [6, 6.07) is 7.55. The van der Waals surface area contributed by atoms with Gasteiger partial charge in [-0.25, -0.2) is 9.78 Å². The number of nitrogens with zero attached hydrogens (tertiary/aromatic N) is 4. The van der Waals surface area contributed by atoms with Gasteiger partial charge in [0.25, 0.3) is 5.56 Å². The molecule has 0 N–H and O–H groups in total. The molecule has 0 aliphatic carbocycles. The number of aryl methyl sites for hydroxylation is 1. The number of unbranched alkanes of at least 4 members (excludes halogenated alkanes) is 1. The molecular formula is C18H21ClN4O2S. The second-order valence-corrected chi connectivity index (χ2v) is 7.62. The van der Waals surface area contributed by atoms with Crippen LogP contribution in [0.5, 0.6) is 0 Å². The predicted molar refractivity (Wildman–Crippen MR) is 106 cm³/mol. The number of thioether (sulfide) groups is 1. The van der Waals surface area contributed by atoms with E-state index >= 15 is 0 Å². The lowest BCUT2D eigenvalue weighted by Gasteiger charge is -2.10. The van der Waals surface area contributed by atoms with Gasteiger partial charge in [-0.05, 0) is 18.1 Å².